The van der Waals surface area contributed by atoms with Gasteiger partial charge in [0.25, 0.3) is 5.56 Å². The van der Waals surface area contributed by atoms with Crippen LogP contribution >= 0.6 is 11.6 Å². The Morgan fingerprint density at radius 1 is 1.41 bits per heavy atom. The summed E-state index contributed by atoms with van der Waals surface area (Å²) >= 11 is 5.26. The van der Waals surface area contributed by atoms with E-state index < -0.39 is 32.1 Å². The minimum atomic E-state index is -3.19. The fourth-order valence-corrected chi connectivity index (χ4v) is 2.02. The lowest BCUT2D eigenvalue weighted by Crippen LogP contribution is -2.37. The second-order valence-corrected chi connectivity index (χ2v) is 6.14. The van der Waals surface area contributed by atoms with Crippen molar-refractivity contribution in [2.75, 3.05) is 12.0 Å². The lowest BCUT2D eigenvalue weighted by molar-refractivity contribution is 0.532. The summed E-state index contributed by atoms with van der Waals surface area (Å²) in [6.45, 7) is -0.185. The molecule has 96 valence electrons. The highest BCUT2D eigenvalue weighted by Gasteiger charge is 2.12. The molecule has 6 nitrogen and oxygen atoms in total. The van der Waals surface area contributed by atoms with Crippen LogP contribution in [0.25, 0.3) is 0 Å². The molecule has 0 saturated heterocycles. The van der Waals surface area contributed by atoms with Crippen molar-refractivity contribution in [1.82, 2.24) is 9.55 Å². The molecule has 1 rings (SSSR count). The fraction of sp³-hybridized carbons (Fsp3) is 0.500. The normalized spacial score (nSPS) is 11.7. The summed E-state index contributed by atoms with van der Waals surface area (Å²) in [5.74, 6) is -1.45. The van der Waals surface area contributed by atoms with Crippen LogP contribution in [0.3, 0.4) is 0 Å². The molecule has 0 spiro atoms. The smallest absolute Gasteiger partial charge is 0.295 e. The highest BCUT2D eigenvalue weighted by molar-refractivity contribution is 7.90. The molecule has 0 atom stereocenters. The Morgan fingerprint density at radius 2 is 2.00 bits per heavy atom. The first-order valence-electron chi connectivity index (χ1n) is 4.58. The third-order valence-corrected chi connectivity index (χ3v) is 3.27. The van der Waals surface area contributed by atoms with E-state index in [1.807, 2.05) is 4.98 Å². The summed E-state index contributed by atoms with van der Waals surface area (Å²) in [7, 11) is -3.19. The molecule has 1 aromatic rings. The molecule has 1 heterocycles. The summed E-state index contributed by atoms with van der Waals surface area (Å²) in [6, 6.07) is 0. The van der Waals surface area contributed by atoms with Gasteiger partial charge in [-0.15, -0.1) is 0 Å². The predicted molar refractivity (Wildman–Crippen MR) is 60.6 cm³/mol. The molecule has 0 saturated carbocycles. The van der Waals surface area contributed by atoms with Crippen LogP contribution in [0, 0.1) is 5.82 Å². The van der Waals surface area contributed by atoms with Crippen LogP contribution in [0.2, 0.25) is 5.15 Å². The monoisotopic (exact) mass is 284 g/mol. The first-order valence-corrected chi connectivity index (χ1v) is 7.02. The van der Waals surface area contributed by atoms with Crippen molar-refractivity contribution in [1.29, 1.82) is 0 Å². The molecule has 0 radical (unpaired) electrons. The number of sulfone groups is 1. The number of hydrogen-bond acceptors (Lipinski definition) is 4. The highest BCUT2D eigenvalue weighted by Crippen LogP contribution is 2.02. The van der Waals surface area contributed by atoms with Crippen LogP contribution < -0.4 is 11.2 Å². The van der Waals surface area contributed by atoms with Gasteiger partial charge in [0.2, 0.25) is 5.82 Å². The average Bonchev–Trinajstić information content (AvgIpc) is 2.18. The van der Waals surface area contributed by atoms with Gasteiger partial charge in [-0.2, -0.15) is 4.39 Å². The molecule has 0 bridgehead atoms. The van der Waals surface area contributed by atoms with E-state index in [1.54, 1.807) is 0 Å². The third kappa shape index (κ3) is 3.67. The van der Waals surface area contributed by atoms with Gasteiger partial charge in [-0.3, -0.25) is 14.3 Å². The minimum Gasteiger partial charge on any atom is -0.295 e. The lowest BCUT2D eigenvalue weighted by Gasteiger charge is -2.04. The zero-order valence-corrected chi connectivity index (χ0v) is 10.4. The molecule has 0 amide bonds. The van der Waals surface area contributed by atoms with Gasteiger partial charge >= 0.3 is 5.69 Å². The maximum atomic E-state index is 13.1. The highest BCUT2D eigenvalue weighted by atomic mass is 35.5. The fourth-order valence-electron chi connectivity index (χ4n) is 1.21. The second kappa shape index (κ2) is 5.01. The van der Waals surface area contributed by atoms with Crippen molar-refractivity contribution in [3.8, 4) is 0 Å². The third-order valence-electron chi connectivity index (χ3n) is 1.98. The van der Waals surface area contributed by atoms with E-state index in [1.165, 1.54) is 0 Å². The number of halogens is 2. The number of nitrogens with zero attached hydrogens (tertiary/aromatic N) is 1. The van der Waals surface area contributed by atoms with Crippen LogP contribution in [0.4, 0.5) is 4.39 Å². The first kappa shape index (κ1) is 13.9. The van der Waals surface area contributed by atoms with E-state index in [-0.39, 0.29) is 18.7 Å². The predicted octanol–water partition coefficient (Wildman–Crippen LogP) is -0.236. The van der Waals surface area contributed by atoms with Gasteiger partial charge in [-0.25, -0.2) is 13.2 Å². The van der Waals surface area contributed by atoms with Gasteiger partial charge in [0.1, 0.15) is 9.84 Å². The van der Waals surface area contributed by atoms with Crippen molar-refractivity contribution < 1.29 is 12.8 Å². The molecular formula is C8H10ClFN2O4S. The molecule has 1 N–H and O–H groups in total. The van der Waals surface area contributed by atoms with E-state index in [0.29, 0.717) is 4.57 Å². The summed E-state index contributed by atoms with van der Waals surface area (Å²) < 4.78 is 35.3. The molecule has 17 heavy (non-hydrogen) atoms. The van der Waals surface area contributed by atoms with Crippen molar-refractivity contribution in [3.05, 3.63) is 31.8 Å². The molecule has 9 heteroatoms. The standard InChI is InChI=1S/C8H10ClFN2O4S/c1-17(15,16)4-2-3-12-7(13)5(10)6(9)11-8(12)14/h2-4H2,1H3,(H,11,14). The van der Waals surface area contributed by atoms with Crippen LogP contribution in [-0.2, 0) is 16.4 Å². The second-order valence-electron chi connectivity index (χ2n) is 3.50. The van der Waals surface area contributed by atoms with Gasteiger partial charge in [0, 0.05) is 12.8 Å². The number of aromatic amines is 1. The van der Waals surface area contributed by atoms with Crippen LogP contribution in [0.15, 0.2) is 9.59 Å². The van der Waals surface area contributed by atoms with Gasteiger partial charge in [0.05, 0.1) is 5.75 Å². The summed E-state index contributed by atoms with van der Waals surface area (Å²) in [4.78, 5) is 24.5. The molecular weight excluding hydrogens is 275 g/mol. The van der Waals surface area contributed by atoms with Crippen molar-refractivity contribution >= 4 is 21.4 Å². The minimum absolute atomic E-state index is 0.0445. The lowest BCUT2D eigenvalue weighted by atomic mass is 10.4. The van der Waals surface area contributed by atoms with Crippen LogP contribution in [0.5, 0.6) is 0 Å². The zero-order chi connectivity index (χ0) is 13.2. The Hall–Kier alpha value is -1.15. The SMILES string of the molecule is CS(=O)(=O)CCCn1c(=O)[nH]c(Cl)c(F)c1=O. The van der Waals surface area contributed by atoms with Gasteiger partial charge < -0.3 is 0 Å². The molecule has 0 aromatic carbocycles. The van der Waals surface area contributed by atoms with Gasteiger partial charge in [0.15, 0.2) is 5.15 Å². The van der Waals surface area contributed by atoms with Crippen LogP contribution in [-0.4, -0.2) is 30.0 Å². The number of hydrogen-bond donors (Lipinski definition) is 1. The van der Waals surface area contributed by atoms with E-state index in [9.17, 15) is 22.4 Å². The Morgan fingerprint density at radius 3 is 2.53 bits per heavy atom. The van der Waals surface area contributed by atoms with Gasteiger partial charge in [-0.05, 0) is 6.42 Å². The molecule has 0 aliphatic heterocycles. The first-order chi connectivity index (χ1) is 7.72. The summed E-state index contributed by atoms with van der Waals surface area (Å²) in [5, 5.41) is -0.653. The summed E-state index contributed by atoms with van der Waals surface area (Å²) in [5.41, 5.74) is -2.03. The largest absolute Gasteiger partial charge is 0.329 e. The van der Waals surface area contributed by atoms with Crippen LogP contribution in [0.1, 0.15) is 6.42 Å². The number of rotatable bonds is 4. The van der Waals surface area contributed by atoms with Gasteiger partial charge in [-0.1, -0.05) is 11.6 Å². The Kier molecular flexibility index (Phi) is 4.10. The van der Waals surface area contributed by atoms with E-state index in [4.69, 9.17) is 11.6 Å². The average molecular weight is 285 g/mol. The summed E-state index contributed by atoms with van der Waals surface area (Å²) in [6.07, 6.45) is 1.07. The van der Waals surface area contributed by atoms with Crippen molar-refractivity contribution in [3.63, 3.8) is 0 Å². The quantitative estimate of drug-likeness (QED) is 0.773. The Labute approximate surface area is 101 Å². The number of H-pyrrole nitrogens is 1. The Bertz CT molecular complexity index is 634. The van der Waals surface area contributed by atoms with Crippen molar-refractivity contribution in [2.45, 2.75) is 13.0 Å². The molecule has 1 aromatic heterocycles. The molecule has 0 aliphatic rings. The molecule has 0 unspecified atom stereocenters. The maximum Gasteiger partial charge on any atom is 0.329 e. The number of aromatic nitrogens is 2. The Balaban J connectivity index is 2.97. The topological polar surface area (TPSA) is 89.0 Å². The number of nitrogens with one attached hydrogen (secondary N) is 1. The van der Waals surface area contributed by atoms with E-state index >= 15 is 0 Å². The molecule has 0 fully saturated rings. The van der Waals surface area contributed by atoms with Crippen molar-refractivity contribution in [2.24, 2.45) is 0 Å². The zero-order valence-electron chi connectivity index (χ0n) is 8.87. The van der Waals surface area contributed by atoms with E-state index in [2.05, 4.69) is 0 Å². The maximum absolute atomic E-state index is 13.1. The molecule has 0 aliphatic carbocycles. The van der Waals surface area contributed by atoms with E-state index in [0.717, 1.165) is 6.26 Å².